The average molecular weight is 303 g/mol. The van der Waals surface area contributed by atoms with Gasteiger partial charge in [0.2, 0.25) is 0 Å². The van der Waals surface area contributed by atoms with E-state index in [1.165, 1.54) is 0 Å². The molecule has 1 aliphatic heterocycles. The highest BCUT2D eigenvalue weighted by atomic mass is 79.9. The van der Waals surface area contributed by atoms with E-state index < -0.39 is 17.2 Å². The molecule has 0 bridgehead atoms. The van der Waals surface area contributed by atoms with Crippen LogP contribution in [0.5, 0.6) is 0 Å². The summed E-state index contributed by atoms with van der Waals surface area (Å²) in [5, 5.41) is -0.595. The Hall–Kier alpha value is -0.940. The van der Waals surface area contributed by atoms with Crippen molar-refractivity contribution in [1.82, 2.24) is 0 Å². The lowest BCUT2D eigenvalue weighted by atomic mass is 10.2. The summed E-state index contributed by atoms with van der Waals surface area (Å²) < 4.78 is 23.4. The Morgan fingerprint density at radius 1 is 1.47 bits per heavy atom. The first-order valence-electron chi connectivity index (χ1n) is 5.32. The van der Waals surface area contributed by atoms with Crippen molar-refractivity contribution in [2.24, 2.45) is 0 Å². The van der Waals surface area contributed by atoms with Crippen molar-refractivity contribution in [2.75, 3.05) is 6.61 Å². The first-order valence-corrected chi connectivity index (χ1v) is 6.24. The molecule has 0 radical (unpaired) electrons. The zero-order chi connectivity index (χ0) is 12.3. The minimum absolute atomic E-state index is 0.0796. The number of halogens is 2. The number of carbonyl (C=O) groups excluding carboxylic acids is 1. The lowest BCUT2D eigenvalue weighted by Crippen LogP contribution is -2.18. The van der Waals surface area contributed by atoms with Gasteiger partial charge in [0.1, 0.15) is 17.8 Å². The number of esters is 1. The molecular formula is C12H12BrFO3. The molecule has 0 spiro atoms. The quantitative estimate of drug-likeness (QED) is 0.636. The first-order chi connectivity index (χ1) is 8.16. The van der Waals surface area contributed by atoms with Gasteiger partial charge < -0.3 is 9.47 Å². The number of rotatable bonds is 3. The van der Waals surface area contributed by atoms with Gasteiger partial charge in [-0.15, -0.1) is 0 Å². The van der Waals surface area contributed by atoms with Gasteiger partial charge in [-0.3, -0.25) is 0 Å². The summed E-state index contributed by atoms with van der Waals surface area (Å²) in [6.45, 7) is 0.0796. The minimum Gasteiger partial charge on any atom is -0.459 e. The summed E-state index contributed by atoms with van der Waals surface area (Å²) in [5.41, 5.74) is 0.484. The Bertz CT molecular complexity index is 375. The zero-order valence-electron chi connectivity index (χ0n) is 9.01. The van der Waals surface area contributed by atoms with Crippen molar-refractivity contribution < 1.29 is 18.7 Å². The van der Waals surface area contributed by atoms with Crippen molar-refractivity contribution >= 4 is 21.9 Å². The fraction of sp³-hybridized carbons (Fsp3) is 0.417. The van der Waals surface area contributed by atoms with Crippen molar-refractivity contribution in [2.45, 2.75) is 23.7 Å². The highest BCUT2D eigenvalue weighted by molar-refractivity contribution is 9.09. The normalized spacial score (nSPS) is 28.0. The number of alkyl halides is 2. The molecule has 1 aliphatic rings. The van der Waals surface area contributed by atoms with Gasteiger partial charge in [-0.25, -0.2) is 9.18 Å². The average Bonchev–Trinajstić information content (AvgIpc) is 2.67. The Labute approximate surface area is 107 Å². The van der Waals surface area contributed by atoms with Crippen LogP contribution in [0, 0.1) is 0 Å². The van der Waals surface area contributed by atoms with Gasteiger partial charge in [0, 0.05) is 6.42 Å². The summed E-state index contributed by atoms with van der Waals surface area (Å²) in [5.74, 6) is -0.414. The van der Waals surface area contributed by atoms with Crippen LogP contribution in [0.3, 0.4) is 0 Å². The largest absolute Gasteiger partial charge is 0.459 e. The maximum Gasteiger partial charge on any atom is 0.338 e. The Morgan fingerprint density at radius 2 is 2.18 bits per heavy atom. The second-order valence-electron chi connectivity index (χ2n) is 3.83. The second kappa shape index (κ2) is 5.60. The lowest BCUT2D eigenvalue weighted by molar-refractivity contribution is 0.0107. The van der Waals surface area contributed by atoms with Crippen LogP contribution < -0.4 is 0 Å². The van der Waals surface area contributed by atoms with E-state index in [1.54, 1.807) is 24.3 Å². The van der Waals surface area contributed by atoms with E-state index in [1.807, 2.05) is 6.07 Å². The fourth-order valence-electron chi connectivity index (χ4n) is 1.62. The number of carbonyl (C=O) groups is 1. The van der Waals surface area contributed by atoms with Gasteiger partial charge >= 0.3 is 5.97 Å². The summed E-state index contributed by atoms with van der Waals surface area (Å²) in [4.78, 5) is 11.6. The molecule has 92 valence electrons. The van der Waals surface area contributed by atoms with E-state index >= 15 is 0 Å². The molecule has 3 nitrogen and oxygen atoms in total. The summed E-state index contributed by atoms with van der Waals surface area (Å²) in [7, 11) is 0. The van der Waals surface area contributed by atoms with Crippen LogP contribution in [0.15, 0.2) is 30.3 Å². The molecular weight excluding hydrogens is 291 g/mol. The number of hydrogen-bond acceptors (Lipinski definition) is 3. The summed E-state index contributed by atoms with van der Waals surface area (Å²) in [6.07, 6.45) is -1.17. The maximum atomic E-state index is 13.1. The molecule has 1 aromatic rings. The van der Waals surface area contributed by atoms with E-state index in [2.05, 4.69) is 15.9 Å². The zero-order valence-corrected chi connectivity index (χ0v) is 10.6. The second-order valence-corrected chi connectivity index (χ2v) is 4.73. The third-order valence-corrected chi connectivity index (χ3v) is 3.29. The van der Waals surface area contributed by atoms with Crippen LogP contribution >= 0.6 is 15.9 Å². The Balaban J connectivity index is 1.81. The highest BCUT2D eigenvalue weighted by Gasteiger charge is 2.34. The summed E-state index contributed by atoms with van der Waals surface area (Å²) in [6, 6.07) is 8.68. The Kier molecular flexibility index (Phi) is 4.12. The molecule has 1 fully saturated rings. The molecule has 0 N–H and O–H groups in total. The molecule has 3 atom stereocenters. The molecule has 1 aromatic carbocycles. The van der Waals surface area contributed by atoms with Gasteiger partial charge in [0.05, 0.1) is 11.7 Å². The van der Waals surface area contributed by atoms with E-state index in [9.17, 15) is 9.18 Å². The standard InChI is InChI=1S/C12H12BrFO3/c13-11-10(14)6-9(17-11)7-16-12(15)8-4-2-1-3-5-8/h1-5,9-11H,6-7H2/t9-,10?,11?/m0/s1. The molecule has 0 saturated carbocycles. The van der Waals surface area contributed by atoms with Crippen molar-refractivity contribution in [3.05, 3.63) is 35.9 Å². The molecule has 17 heavy (non-hydrogen) atoms. The topological polar surface area (TPSA) is 35.5 Å². The smallest absolute Gasteiger partial charge is 0.338 e. The van der Waals surface area contributed by atoms with Crippen LogP contribution in [0.1, 0.15) is 16.8 Å². The van der Waals surface area contributed by atoms with Crippen molar-refractivity contribution in [3.63, 3.8) is 0 Å². The van der Waals surface area contributed by atoms with Crippen LogP contribution in [0.2, 0.25) is 0 Å². The molecule has 1 heterocycles. The predicted octanol–water partition coefficient (Wildman–Crippen LogP) is 2.69. The van der Waals surface area contributed by atoms with Crippen LogP contribution in [0.25, 0.3) is 0 Å². The van der Waals surface area contributed by atoms with Gasteiger partial charge in [-0.1, -0.05) is 34.1 Å². The van der Waals surface area contributed by atoms with E-state index in [4.69, 9.17) is 9.47 Å². The number of benzene rings is 1. The van der Waals surface area contributed by atoms with Crippen molar-refractivity contribution in [1.29, 1.82) is 0 Å². The van der Waals surface area contributed by atoms with E-state index in [0.717, 1.165) is 0 Å². The highest BCUT2D eigenvalue weighted by Crippen LogP contribution is 2.27. The number of hydrogen-bond donors (Lipinski definition) is 0. The fourth-order valence-corrected chi connectivity index (χ4v) is 2.14. The third-order valence-electron chi connectivity index (χ3n) is 2.50. The minimum atomic E-state index is -1.05. The van der Waals surface area contributed by atoms with Gasteiger partial charge in [0.25, 0.3) is 0 Å². The molecule has 0 amide bonds. The van der Waals surface area contributed by atoms with E-state index in [-0.39, 0.29) is 19.1 Å². The molecule has 0 aromatic heterocycles. The predicted molar refractivity (Wildman–Crippen MR) is 63.8 cm³/mol. The van der Waals surface area contributed by atoms with E-state index in [0.29, 0.717) is 5.56 Å². The van der Waals surface area contributed by atoms with Crippen LogP contribution in [-0.2, 0) is 9.47 Å². The molecule has 0 aliphatic carbocycles. The van der Waals surface area contributed by atoms with Gasteiger partial charge in [0.15, 0.2) is 0 Å². The van der Waals surface area contributed by atoms with Crippen molar-refractivity contribution in [3.8, 4) is 0 Å². The van der Waals surface area contributed by atoms with Gasteiger partial charge in [-0.05, 0) is 12.1 Å². The first kappa shape index (κ1) is 12.5. The van der Waals surface area contributed by atoms with Gasteiger partial charge in [-0.2, -0.15) is 0 Å². The van der Waals surface area contributed by atoms with Crippen LogP contribution in [0.4, 0.5) is 4.39 Å². The summed E-state index contributed by atoms with van der Waals surface area (Å²) >= 11 is 3.06. The van der Waals surface area contributed by atoms with Crippen LogP contribution in [-0.4, -0.2) is 29.9 Å². The SMILES string of the molecule is O=C(OC[C@@H]1CC(F)C(Br)O1)c1ccccc1. The number of ether oxygens (including phenoxy) is 2. The molecule has 1 saturated heterocycles. The molecule has 5 heteroatoms. The molecule has 2 unspecified atom stereocenters. The lowest BCUT2D eigenvalue weighted by Gasteiger charge is -2.10. The monoisotopic (exact) mass is 302 g/mol. The molecule has 2 rings (SSSR count). The third kappa shape index (κ3) is 3.26. The Morgan fingerprint density at radius 3 is 2.76 bits per heavy atom. The maximum absolute atomic E-state index is 13.1.